The summed E-state index contributed by atoms with van der Waals surface area (Å²) in [4.78, 5) is 23.8. The van der Waals surface area contributed by atoms with E-state index >= 15 is 0 Å². The van der Waals surface area contributed by atoms with Crippen molar-refractivity contribution in [2.75, 3.05) is 12.8 Å². The monoisotopic (exact) mass is 284 g/mol. The molecule has 5 heteroatoms. The largest absolute Gasteiger partial charge is 0.497 e. The van der Waals surface area contributed by atoms with E-state index in [-0.39, 0.29) is 12.3 Å². The van der Waals surface area contributed by atoms with Crippen LogP contribution in [0, 0.1) is 0 Å². The summed E-state index contributed by atoms with van der Waals surface area (Å²) in [6, 6.07) is 13.7. The summed E-state index contributed by atoms with van der Waals surface area (Å²) in [5.74, 6) is -0.160. The Bertz CT molecular complexity index is 651. The second kappa shape index (κ2) is 6.56. The normalized spacial score (nSPS) is 9.95. The first-order chi connectivity index (χ1) is 10.1. The number of benzene rings is 2. The molecule has 2 aromatic rings. The van der Waals surface area contributed by atoms with Crippen molar-refractivity contribution in [2.45, 2.75) is 6.42 Å². The lowest BCUT2D eigenvalue weighted by atomic mass is 10.1. The molecule has 0 radical (unpaired) electrons. The van der Waals surface area contributed by atoms with Crippen molar-refractivity contribution in [3.8, 4) is 5.75 Å². The van der Waals surface area contributed by atoms with E-state index in [4.69, 9.17) is 10.5 Å². The molecule has 0 spiro atoms. The van der Waals surface area contributed by atoms with Crippen LogP contribution < -0.4 is 15.8 Å². The van der Waals surface area contributed by atoms with Gasteiger partial charge in [0.05, 0.1) is 19.1 Å². The van der Waals surface area contributed by atoms with Crippen molar-refractivity contribution < 1.29 is 14.3 Å². The van der Waals surface area contributed by atoms with E-state index in [1.54, 1.807) is 55.6 Å². The maximum atomic E-state index is 11.9. The van der Waals surface area contributed by atoms with E-state index in [1.165, 1.54) is 0 Å². The summed E-state index contributed by atoms with van der Waals surface area (Å²) >= 11 is 0. The molecule has 0 heterocycles. The number of hydrogen-bond donors (Lipinski definition) is 2. The molecule has 2 aromatic carbocycles. The van der Waals surface area contributed by atoms with Crippen molar-refractivity contribution in [1.29, 1.82) is 0 Å². The Hall–Kier alpha value is -2.82. The third kappa shape index (κ3) is 3.82. The molecule has 2 amide bonds. The first-order valence-electron chi connectivity index (χ1n) is 6.42. The van der Waals surface area contributed by atoms with Gasteiger partial charge in [-0.1, -0.05) is 24.3 Å². The highest BCUT2D eigenvalue weighted by Crippen LogP contribution is 2.12. The van der Waals surface area contributed by atoms with Crippen molar-refractivity contribution in [3.63, 3.8) is 0 Å². The Morgan fingerprint density at radius 3 is 2.38 bits per heavy atom. The van der Waals surface area contributed by atoms with Gasteiger partial charge in [-0.3, -0.25) is 14.9 Å². The second-order valence-corrected chi connectivity index (χ2v) is 4.49. The molecular weight excluding hydrogens is 268 g/mol. The van der Waals surface area contributed by atoms with Gasteiger partial charge in [-0.15, -0.1) is 0 Å². The van der Waals surface area contributed by atoms with E-state index < -0.39 is 5.91 Å². The van der Waals surface area contributed by atoms with Gasteiger partial charge in [0, 0.05) is 5.69 Å². The minimum Gasteiger partial charge on any atom is -0.497 e. The molecule has 0 saturated carbocycles. The van der Waals surface area contributed by atoms with Crippen molar-refractivity contribution in [3.05, 3.63) is 59.7 Å². The molecule has 108 valence electrons. The average molecular weight is 284 g/mol. The fourth-order valence-electron chi connectivity index (χ4n) is 1.87. The van der Waals surface area contributed by atoms with E-state index in [9.17, 15) is 9.59 Å². The van der Waals surface area contributed by atoms with Gasteiger partial charge in [0.2, 0.25) is 5.91 Å². The number of para-hydroxylation sites is 1. The lowest BCUT2D eigenvalue weighted by Gasteiger charge is -2.07. The number of imide groups is 1. The number of carbonyl (C=O) groups is 2. The molecule has 5 nitrogen and oxygen atoms in total. The van der Waals surface area contributed by atoms with Crippen molar-refractivity contribution in [2.24, 2.45) is 0 Å². The summed E-state index contributed by atoms with van der Waals surface area (Å²) in [6.45, 7) is 0. The summed E-state index contributed by atoms with van der Waals surface area (Å²) in [6.07, 6.45) is 0.114. The van der Waals surface area contributed by atoms with Gasteiger partial charge in [0.25, 0.3) is 5.91 Å². The van der Waals surface area contributed by atoms with Gasteiger partial charge < -0.3 is 10.5 Å². The molecule has 0 fully saturated rings. The van der Waals surface area contributed by atoms with Crippen LogP contribution >= 0.6 is 0 Å². The summed E-state index contributed by atoms with van der Waals surface area (Å²) < 4.78 is 5.04. The molecule has 3 N–H and O–H groups in total. The predicted molar refractivity (Wildman–Crippen MR) is 80.0 cm³/mol. The number of ether oxygens (including phenoxy) is 1. The molecule has 0 unspecified atom stereocenters. The number of nitrogens with two attached hydrogens (primary N) is 1. The van der Waals surface area contributed by atoms with Crippen LogP contribution in [0.15, 0.2) is 48.5 Å². The summed E-state index contributed by atoms with van der Waals surface area (Å²) in [5.41, 5.74) is 7.12. The standard InChI is InChI=1S/C16H16N2O3/c1-21-12-8-6-11(7-9-12)10-15(19)18-16(20)13-4-2-3-5-14(13)17/h2-9H,10,17H2,1H3,(H,18,19,20). The quantitative estimate of drug-likeness (QED) is 0.838. The number of nitrogen functional groups attached to an aromatic ring is 1. The molecule has 0 saturated heterocycles. The number of methoxy groups -OCH3 is 1. The Labute approximate surface area is 122 Å². The number of amides is 2. The lowest BCUT2D eigenvalue weighted by molar-refractivity contribution is -0.119. The molecular formula is C16H16N2O3. The molecule has 2 rings (SSSR count). The average Bonchev–Trinajstić information content (AvgIpc) is 2.48. The van der Waals surface area contributed by atoms with Gasteiger partial charge in [-0.05, 0) is 29.8 Å². The highest BCUT2D eigenvalue weighted by Gasteiger charge is 2.13. The van der Waals surface area contributed by atoms with Gasteiger partial charge in [-0.25, -0.2) is 0 Å². The number of anilines is 1. The Morgan fingerprint density at radius 1 is 1.10 bits per heavy atom. The van der Waals surface area contributed by atoms with Crippen LogP contribution in [0.2, 0.25) is 0 Å². The van der Waals surface area contributed by atoms with Crippen molar-refractivity contribution >= 4 is 17.5 Å². The van der Waals surface area contributed by atoms with Crippen LogP contribution in [0.5, 0.6) is 5.75 Å². The predicted octanol–water partition coefficient (Wildman–Crippen LogP) is 1.78. The highest BCUT2D eigenvalue weighted by molar-refractivity contribution is 6.07. The lowest BCUT2D eigenvalue weighted by Crippen LogP contribution is -2.32. The Balaban J connectivity index is 1.98. The van der Waals surface area contributed by atoms with E-state index in [1.807, 2.05) is 0 Å². The minimum absolute atomic E-state index is 0.114. The molecule has 0 bridgehead atoms. The fourth-order valence-corrected chi connectivity index (χ4v) is 1.87. The first-order valence-corrected chi connectivity index (χ1v) is 6.42. The van der Waals surface area contributed by atoms with Crippen molar-refractivity contribution in [1.82, 2.24) is 5.32 Å². The van der Waals surface area contributed by atoms with E-state index in [0.29, 0.717) is 17.0 Å². The maximum absolute atomic E-state index is 11.9. The van der Waals surface area contributed by atoms with Gasteiger partial charge >= 0.3 is 0 Å². The third-order valence-electron chi connectivity index (χ3n) is 2.98. The second-order valence-electron chi connectivity index (χ2n) is 4.49. The Kier molecular flexibility index (Phi) is 4.56. The maximum Gasteiger partial charge on any atom is 0.259 e. The van der Waals surface area contributed by atoms with Crippen LogP contribution in [0.1, 0.15) is 15.9 Å². The number of hydrogen-bond acceptors (Lipinski definition) is 4. The van der Waals surface area contributed by atoms with Gasteiger partial charge in [0.1, 0.15) is 5.75 Å². The molecule has 21 heavy (non-hydrogen) atoms. The zero-order valence-corrected chi connectivity index (χ0v) is 11.6. The SMILES string of the molecule is COc1ccc(CC(=O)NC(=O)c2ccccc2N)cc1. The summed E-state index contributed by atoms with van der Waals surface area (Å²) in [5, 5.41) is 2.33. The molecule has 0 aliphatic rings. The van der Waals surface area contributed by atoms with Crippen LogP contribution in [-0.2, 0) is 11.2 Å². The Morgan fingerprint density at radius 2 is 1.76 bits per heavy atom. The molecule has 0 aromatic heterocycles. The molecule has 0 aliphatic heterocycles. The topological polar surface area (TPSA) is 81.4 Å². The highest BCUT2D eigenvalue weighted by atomic mass is 16.5. The van der Waals surface area contributed by atoms with E-state index in [0.717, 1.165) is 5.56 Å². The molecule has 0 aliphatic carbocycles. The van der Waals surface area contributed by atoms with E-state index in [2.05, 4.69) is 5.32 Å². The zero-order chi connectivity index (χ0) is 15.2. The van der Waals surface area contributed by atoms with Crippen LogP contribution in [0.25, 0.3) is 0 Å². The third-order valence-corrected chi connectivity index (χ3v) is 2.98. The summed E-state index contributed by atoms with van der Waals surface area (Å²) in [7, 11) is 1.57. The number of rotatable bonds is 4. The fraction of sp³-hybridized carbons (Fsp3) is 0.125. The smallest absolute Gasteiger partial charge is 0.259 e. The van der Waals surface area contributed by atoms with Crippen LogP contribution in [-0.4, -0.2) is 18.9 Å². The zero-order valence-electron chi connectivity index (χ0n) is 11.6. The first kappa shape index (κ1) is 14.6. The van der Waals surface area contributed by atoms with Crippen LogP contribution in [0.3, 0.4) is 0 Å². The number of carbonyl (C=O) groups excluding carboxylic acids is 2. The van der Waals surface area contributed by atoms with Gasteiger partial charge in [-0.2, -0.15) is 0 Å². The van der Waals surface area contributed by atoms with Crippen LogP contribution in [0.4, 0.5) is 5.69 Å². The number of nitrogens with one attached hydrogen (secondary N) is 1. The molecule has 0 atom stereocenters. The van der Waals surface area contributed by atoms with Gasteiger partial charge in [0.15, 0.2) is 0 Å². The minimum atomic E-state index is -0.494.